The first kappa shape index (κ1) is 12.2. The van der Waals surface area contributed by atoms with E-state index < -0.39 is 0 Å². The van der Waals surface area contributed by atoms with Crippen LogP contribution in [0.2, 0.25) is 0 Å². The Morgan fingerprint density at radius 1 is 1.17 bits per heavy atom. The molecule has 0 amide bonds. The summed E-state index contributed by atoms with van der Waals surface area (Å²) in [5, 5.41) is 9.57. The lowest BCUT2D eigenvalue weighted by molar-refractivity contribution is -0.133. The lowest BCUT2D eigenvalue weighted by Gasteiger charge is -2.07. The molecule has 0 aliphatic carbocycles. The maximum absolute atomic E-state index is 11.7. The number of carbonyl (C=O) groups is 1. The molecule has 0 aromatic heterocycles. The predicted octanol–water partition coefficient (Wildman–Crippen LogP) is 2.85. The molecule has 2 rings (SSSR count). The summed E-state index contributed by atoms with van der Waals surface area (Å²) >= 11 is 0. The van der Waals surface area contributed by atoms with Crippen LogP contribution in [0.3, 0.4) is 0 Å². The van der Waals surface area contributed by atoms with Crippen LogP contribution in [-0.2, 0) is 11.2 Å². The highest BCUT2D eigenvalue weighted by Crippen LogP contribution is 2.26. The van der Waals surface area contributed by atoms with Crippen molar-refractivity contribution in [2.75, 3.05) is 0 Å². The first-order valence-corrected chi connectivity index (χ1v) is 5.69. The van der Waals surface area contributed by atoms with Crippen molar-refractivity contribution in [1.82, 2.24) is 0 Å². The third-order valence-electron chi connectivity index (χ3n) is 2.53. The van der Waals surface area contributed by atoms with Gasteiger partial charge in [-0.3, -0.25) is 4.79 Å². The van der Waals surface area contributed by atoms with E-state index >= 15 is 0 Å². The fourth-order valence-electron chi connectivity index (χ4n) is 1.62. The molecule has 2 aromatic carbocycles. The normalized spacial score (nSPS) is 10.1. The summed E-state index contributed by atoms with van der Waals surface area (Å²) < 4.78 is 5.14. The van der Waals surface area contributed by atoms with Gasteiger partial charge in [0.25, 0.3) is 0 Å². The van der Waals surface area contributed by atoms with Crippen molar-refractivity contribution in [1.29, 1.82) is 0 Å². The molecule has 0 heterocycles. The van der Waals surface area contributed by atoms with E-state index in [0.29, 0.717) is 0 Å². The van der Waals surface area contributed by atoms with Crippen LogP contribution in [-0.4, -0.2) is 11.1 Å². The molecule has 0 bridgehead atoms. The van der Waals surface area contributed by atoms with E-state index in [-0.39, 0.29) is 23.9 Å². The Balaban J connectivity index is 2.05. The molecule has 0 aliphatic rings. The standard InChI is InChI=1S/C15H14O3/c1-11-7-8-13(16)14(9-11)18-15(17)10-12-5-3-2-4-6-12/h2-9,16H,10H2,1H3. The monoisotopic (exact) mass is 242 g/mol. The maximum atomic E-state index is 11.7. The van der Waals surface area contributed by atoms with Crippen molar-refractivity contribution in [3.05, 3.63) is 59.7 Å². The van der Waals surface area contributed by atoms with Crippen LogP contribution in [0.4, 0.5) is 0 Å². The van der Waals surface area contributed by atoms with Gasteiger partial charge in [0.05, 0.1) is 6.42 Å². The number of carbonyl (C=O) groups excluding carboxylic acids is 1. The van der Waals surface area contributed by atoms with Gasteiger partial charge in [-0.25, -0.2) is 0 Å². The number of phenolic OH excluding ortho intramolecular Hbond substituents is 1. The minimum atomic E-state index is -0.387. The van der Waals surface area contributed by atoms with Crippen LogP contribution in [0.1, 0.15) is 11.1 Å². The molecular weight excluding hydrogens is 228 g/mol. The van der Waals surface area contributed by atoms with E-state index in [1.807, 2.05) is 37.3 Å². The van der Waals surface area contributed by atoms with Crippen LogP contribution in [0, 0.1) is 6.92 Å². The van der Waals surface area contributed by atoms with Crippen LogP contribution < -0.4 is 4.74 Å². The van der Waals surface area contributed by atoms with Gasteiger partial charge >= 0.3 is 5.97 Å². The van der Waals surface area contributed by atoms with Gasteiger partial charge in [0.1, 0.15) is 0 Å². The Bertz CT molecular complexity index is 547. The van der Waals surface area contributed by atoms with Gasteiger partial charge in [0.15, 0.2) is 11.5 Å². The molecule has 3 heteroatoms. The lowest BCUT2D eigenvalue weighted by atomic mass is 10.1. The van der Waals surface area contributed by atoms with Gasteiger partial charge < -0.3 is 9.84 Å². The average Bonchev–Trinajstić information content (AvgIpc) is 2.35. The summed E-state index contributed by atoms with van der Waals surface area (Å²) in [6.45, 7) is 1.87. The van der Waals surface area contributed by atoms with Crippen molar-refractivity contribution in [2.24, 2.45) is 0 Å². The SMILES string of the molecule is Cc1ccc(O)c(OC(=O)Cc2ccccc2)c1. The summed E-state index contributed by atoms with van der Waals surface area (Å²) in [6.07, 6.45) is 0.189. The maximum Gasteiger partial charge on any atom is 0.315 e. The second-order valence-corrected chi connectivity index (χ2v) is 4.11. The first-order chi connectivity index (χ1) is 8.65. The summed E-state index contributed by atoms with van der Waals surface area (Å²) in [4.78, 5) is 11.7. The number of phenols is 1. The molecule has 2 aromatic rings. The summed E-state index contributed by atoms with van der Waals surface area (Å²) in [6, 6.07) is 14.2. The van der Waals surface area contributed by atoms with Gasteiger partial charge in [0.2, 0.25) is 0 Å². The molecular formula is C15H14O3. The van der Waals surface area contributed by atoms with Crippen LogP contribution in [0.25, 0.3) is 0 Å². The summed E-state index contributed by atoms with van der Waals surface area (Å²) in [7, 11) is 0. The number of rotatable bonds is 3. The van der Waals surface area contributed by atoms with Crippen molar-refractivity contribution in [2.45, 2.75) is 13.3 Å². The van der Waals surface area contributed by atoms with E-state index in [9.17, 15) is 9.90 Å². The van der Waals surface area contributed by atoms with Crippen LogP contribution >= 0.6 is 0 Å². The topological polar surface area (TPSA) is 46.5 Å². The molecule has 92 valence electrons. The zero-order valence-electron chi connectivity index (χ0n) is 10.1. The highest BCUT2D eigenvalue weighted by molar-refractivity contribution is 5.75. The molecule has 0 aliphatic heterocycles. The van der Waals surface area contributed by atoms with E-state index in [1.54, 1.807) is 12.1 Å². The molecule has 18 heavy (non-hydrogen) atoms. The fourth-order valence-corrected chi connectivity index (χ4v) is 1.62. The smallest absolute Gasteiger partial charge is 0.315 e. The fraction of sp³-hybridized carbons (Fsp3) is 0.133. The number of esters is 1. The first-order valence-electron chi connectivity index (χ1n) is 5.69. The van der Waals surface area contributed by atoms with Gasteiger partial charge in [-0.2, -0.15) is 0 Å². The number of hydrogen-bond donors (Lipinski definition) is 1. The van der Waals surface area contributed by atoms with E-state index in [4.69, 9.17) is 4.74 Å². The molecule has 3 nitrogen and oxygen atoms in total. The summed E-state index contributed by atoms with van der Waals surface area (Å²) in [5.74, 6) is -0.208. The van der Waals surface area contributed by atoms with Gasteiger partial charge in [-0.1, -0.05) is 36.4 Å². The molecule has 1 N–H and O–H groups in total. The summed E-state index contributed by atoms with van der Waals surface area (Å²) in [5.41, 5.74) is 1.81. The second kappa shape index (κ2) is 5.36. The minimum absolute atomic E-state index is 0.0259. The minimum Gasteiger partial charge on any atom is -0.504 e. The molecule has 0 unspecified atom stereocenters. The highest BCUT2D eigenvalue weighted by atomic mass is 16.5. The third-order valence-corrected chi connectivity index (χ3v) is 2.53. The van der Waals surface area contributed by atoms with Gasteiger partial charge in [-0.15, -0.1) is 0 Å². The molecule has 0 spiro atoms. The number of hydrogen-bond acceptors (Lipinski definition) is 3. The quantitative estimate of drug-likeness (QED) is 0.665. The van der Waals surface area contributed by atoms with E-state index in [1.165, 1.54) is 6.07 Å². The molecule has 0 fully saturated rings. The number of ether oxygens (including phenoxy) is 1. The van der Waals surface area contributed by atoms with Crippen LogP contribution in [0.15, 0.2) is 48.5 Å². The molecule has 0 radical (unpaired) electrons. The van der Waals surface area contributed by atoms with Crippen molar-refractivity contribution in [3.63, 3.8) is 0 Å². The number of aryl methyl sites for hydroxylation is 1. The van der Waals surface area contributed by atoms with Crippen molar-refractivity contribution in [3.8, 4) is 11.5 Å². The molecule has 0 atom stereocenters. The third kappa shape index (κ3) is 3.10. The zero-order valence-corrected chi connectivity index (χ0v) is 10.1. The Morgan fingerprint density at radius 3 is 2.61 bits per heavy atom. The number of aromatic hydroxyl groups is 1. The molecule has 0 saturated carbocycles. The Kier molecular flexibility index (Phi) is 3.63. The number of benzene rings is 2. The van der Waals surface area contributed by atoms with Crippen LogP contribution in [0.5, 0.6) is 11.5 Å². The Labute approximate surface area is 106 Å². The van der Waals surface area contributed by atoms with Crippen molar-refractivity contribution >= 4 is 5.97 Å². The Morgan fingerprint density at radius 2 is 1.89 bits per heavy atom. The lowest BCUT2D eigenvalue weighted by Crippen LogP contribution is -2.11. The highest BCUT2D eigenvalue weighted by Gasteiger charge is 2.09. The van der Waals surface area contributed by atoms with E-state index in [2.05, 4.69) is 0 Å². The predicted molar refractivity (Wildman–Crippen MR) is 68.6 cm³/mol. The Hall–Kier alpha value is -2.29. The van der Waals surface area contributed by atoms with Crippen molar-refractivity contribution < 1.29 is 14.6 Å². The zero-order chi connectivity index (χ0) is 13.0. The van der Waals surface area contributed by atoms with Gasteiger partial charge in [0, 0.05) is 0 Å². The second-order valence-electron chi connectivity index (χ2n) is 4.11. The van der Waals surface area contributed by atoms with Gasteiger partial charge in [-0.05, 0) is 30.2 Å². The average molecular weight is 242 g/mol. The molecule has 0 saturated heterocycles. The van der Waals surface area contributed by atoms with E-state index in [0.717, 1.165) is 11.1 Å². The largest absolute Gasteiger partial charge is 0.504 e.